The standard InChI is InChI=1S/C16H24F2N2/c1-3-11-5-4-6-12(9-11)16(20-19)13-8-7-10(2)14(17)15(13)18/h7-8,11-12,16,20H,3-6,9,19H2,1-2H3. The third-order valence-corrected chi connectivity index (χ3v) is 4.69. The molecule has 1 saturated carbocycles. The molecule has 0 heterocycles. The first-order chi connectivity index (χ1) is 9.58. The Labute approximate surface area is 119 Å². The summed E-state index contributed by atoms with van der Waals surface area (Å²) < 4.78 is 27.9. The van der Waals surface area contributed by atoms with E-state index in [4.69, 9.17) is 5.84 Å². The van der Waals surface area contributed by atoms with Crippen molar-refractivity contribution in [2.24, 2.45) is 17.7 Å². The van der Waals surface area contributed by atoms with Gasteiger partial charge in [0.1, 0.15) is 0 Å². The summed E-state index contributed by atoms with van der Waals surface area (Å²) in [5.74, 6) is 5.07. The number of aryl methyl sites for hydroxylation is 1. The first kappa shape index (κ1) is 15.4. The molecule has 0 spiro atoms. The molecule has 1 fully saturated rings. The molecule has 0 bridgehead atoms. The summed E-state index contributed by atoms with van der Waals surface area (Å²) in [4.78, 5) is 0. The number of benzene rings is 1. The number of nitrogens with one attached hydrogen (secondary N) is 1. The molecule has 0 saturated heterocycles. The van der Waals surface area contributed by atoms with E-state index in [2.05, 4.69) is 12.3 Å². The molecule has 1 aromatic rings. The van der Waals surface area contributed by atoms with Gasteiger partial charge in [0.15, 0.2) is 11.6 Å². The van der Waals surface area contributed by atoms with E-state index in [1.165, 1.54) is 6.42 Å². The fourth-order valence-corrected chi connectivity index (χ4v) is 3.39. The molecule has 4 heteroatoms. The smallest absolute Gasteiger partial charge is 0.163 e. The average Bonchev–Trinajstić information content (AvgIpc) is 2.48. The molecule has 2 nitrogen and oxygen atoms in total. The lowest BCUT2D eigenvalue weighted by atomic mass is 9.75. The molecule has 3 atom stereocenters. The van der Waals surface area contributed by atoms with Crippen molar-refractivity contribution in [2.45, 2.75) is 52.0 Å². The van der Waals surface area contributed by atoms with Crippen LogP contribution in [0.1, 0.15) is 56.2 Å². The highest BCUT2D eigenvalue weighted by atomic mass is 19.2. The molecule has 1 aromatic carbocycles. The lowest BCUT2D eigenvalue weighted by molar-refractivity contribution is 0.206. The topological polar surface area (TPSA) is 38.0 Å². The minimum absolute atomic E-state index is 0.273. The van der Waals surface area contributed by atoms with Crippen molar-refractivity contribution in [2.75, 3.05) is 0 Å². The number of rotatable bonds is 4. The molecular weight excluding hydrogens is 258 g/mol. The Morgan fingerprint density at radius 1 is 1.30 bits per heavy atom. The summed E-state index contributed by atoms with van der Waals surface area (Å²) in [6.45, 7) is 3.75. The Morgan fingerprint density at radius 3 is 2.70 bits per heavy atom. The average molecular weight is 282 g/mol. The van der Waals surface area contributed by atoms with E-state index in [1.54, 1.807) is 19.1 Å². The quantitative estimate of drug-likeness (QED) is 0.647. The van der Waals surface area contributed by atoms with E-state index in [-0.39, 0.29) is 12.0 Å². The molecule has 20 heavy (non-hydrogen) atoms. The molecule has 1 aliphatic rings. The maximum Gasteiger partial charge on any atom is 0.163 e. The zero-order valence-corrected chi connectivity index (χ0v) is 12.3. The lowest BCUT2D eigenvalue weighted by Gasteiger charge is -2.34. The molecule has 3 N–H and O–H groups in total. The van der Waals surface area contributed by atoms with Crippen molar-refractivity contribution in [1.29, 1.82) is 0 Å². The van der Waals surface area contributed by atoms with Crippen molar-refractivity contribution in [3.8, 4) is 0 Å². The minimum atomic E-state index is -0.759. The Morgan fingerprint density at radius 2 is 2.05 bits per heavy atom. The van der Waals surface area contributed by atoms with E-state index in [0.717, 1.165) is 25.7 Å². The van der Waals surface area contributed by atoms with Crippen LogP contribution in [0.2, 0.25) is 0 Å². The highest BCUT2D eigenvalue weighted by Crippen LogP contribution is 2.39. The number of hydrogen-bond donors (Lipinski definition) is 2. The number of hydrazine groups is 1. The van der Waals surface area contributed by atoms with Gasteiger partial charge in [-0.1, -0.05) is 38.3 Å². The summed E-state index contributed by atoms with van der Waals surface area (Å²) in [5.41, 5.74) is 3.40. The molecule has 1 aliphatic carbocycles. The van der Waals surface area contributed by atoms with E-state index >= 15 is 0 Å². The molecule has 0 aliphatic heterocycles. The van der Waals surface area contributed by atoms with Gasteiger partial charge in [0.05, 0.1) is 6.04 Å². The molecule has 0 amide bonds. The fourth-order valence-electron chi connectivity index (χ4n) is 3.39. The van der Waals surface area contributed by atoms with Crippen LogP contribution < -0.4 is 11.3 Å². The van der Waals surface area contributed by atoms with Gasteiger partial charge < -0.3 is 0 Å². The van der Waals surface area contributed by atoms with Crippen LogP contribution in [0, 0.1) is 30.4 Å². The van der Waals surface area contributed by atoms with Crippen LogP contribution in [-0.4, -0.2) is 0 Å². The van der Waals surface area contributed by atoms with E-state index in [0.29, 0.717) is 17.0 Å². The van der Waals surface area contributed by atoms with Crippen LogP contribution in [0.25, 0.3) is 0 Å². The summed E-state index contributed by atoms with van der Waals surface area (Å²) in [6.07, 6.45) is 5.55. The van der Waals surface area contributed by atoms with Gasteiger partial charge in [0, 0.05) is 5.56 Å². The third-order valence-electron chi connectivity index (χ3n) is 4.69. The lowest BCUT2D eigenvalue weighted by Crippen LogP contribution is -2.36. The van der Waals surface area contributed by atoms with Gasteiger partial charge >= 0.3 is 0 Å². The summed E-state index contributed by atoms with van der Waals surface area (Å²) in [6, 6.07) is 2.98. The van der Waals surface area contributed by atoms with Gasteiger partial charge in [0.2, 0.25) is 0 Å². The van der Waals surface area contributed by atoms with Crippen LogP contribution in [0.3, 0.4) is 0 Å². The fraction of sp³-hybridized carbons (Fsp3) is 0.625. The first-order valence-electron chi connectivity index (χ1n) is 7.49. The Bertz CT molecular complexity index is 462. The van der Waals surface area contributed by atoms with E-state index in [9.17, 15) is 8.78 Å². The Balaban J connectivity index is 2.26. The van der Waals surface area contributed by atoms with Crippen molar-refractivity contribution >= 4 is 0 Å². The second-order valence-corrected chi connectivity index (χ2v) is 5.94. The SMILES string of the molecule is CCC1CCCC(C(NN)c2ccc(C)c(F)c2F)C1. The van der Waals surface area contributed by atoms with E-state index in [1.807, 2.05) is 0 Å². The predicted octanol–water partition coefficient (Wildman–Crippen LogP) is 3.99. The summed E-state index contributed by atoms with van der Waals surface area (Å²) in [5, 5.41) is 0. The largest absolute Gasteiger partial charge is 0.271 e. The van der Waals surface area contributed by atoms with Crippen molar-refractivity contribution in [3.05, 3.63) is 34.9 Å². The van der Waals surface area contributed by atoms with Crippen LogP contribution in [-0.2, 0) is 0 Å². The highest BCUT2D eigenvalue weighted by molar-refractivity contribution is 5.28. The Hall–Kier alpha value is -1.00. The minimum Gasteiger partial charge on any atom is -0.271 e. The van der Waals surface area contributed by atoms with E-state index < -0.39 is 11.6 Å². The first-order valence-corrected chi connectivity index (χ1v) is 7.49. The van der Waals surface area contributed by atoms with Gasteiger partial charge in [-0.15, -0.1) is 0 Å². The predicted molar refractivity (Wildman–Crippen MR) is 76.9 cm³/mol. The molecule has 2 rings (SSSR count). The number of nitrogens with two attached hydrogens (primary N) is 1. The summed E-state index contributed by atoms with van der Waals surface area (Å²) >= 11 is 0. The monoisotopic (exact) mass is 282 g/mol. The van der Waals surface area contributed by atoms with Gasteiger partial charge in [0.25, 0.3) is 0 Å². The number of halogens is 2. The highest BCUT2D eigenvalue weighted by Gasteiger charge is 2.30. The second-order valence-electron chi connectivity index (χ2n) is 5.94. The van der Waals surface area contributed by atoms with Gasteiger partial charge in [-0.25, -0.2) is 8.78 Å². The third kappa shape index (κ3) is 3.01. The van der Waals surface area contributed by atoms with Crippen molar-refractivity contribution in [1.82, 2.24) is 5.43 Å². The molecule has 112 valence electrons. The zero-order valence-electron chi connectivity index (χ0n) is 12.3. The second kappa shape index (κ2) is 6.64. The van der Waals surface area contributed by atoms with Crippen LogP contribution in [0.4, 0.5) is 8.78 Å². The summed E-state index contributed by atoms with van der Waals surface area (Å²) in [7, 11) is 0. The molecular formula is C16H24F2N2. The van der Waals surface area contributed by atoms with Crippen LogP contribution in [0.15, 0.2) is 12.1 Å². The molecule has 0 radical (unpaired) electrons. The maximum atomic E-state index is 14.2. The van der Waals surface area contributed by atoms with Crippen molar-refractivity contribution in [3.63, 3.8) is 0 Å². The maximum absolute atomic E-state index is 14.2. The van der Waals surface area contributed by atoms with Gasteiger partial charge in [-0.2, -0.15) is 0 Å². The molecule has 0 aromatic heterocycles. The van der Waals surface area contributed by atoms with Crippen LogP contribution in [0.5, 0.6) is 0 Å². The van der Waals surface area contributed by atoms with Gasteiger partial charge in [-0.05, 0) is 37.2 Å². The van der Waals surface area contributed by atoms with Crippen LogP contribution >= 0.6 is 0 Å². The Kier molecular flexibility index (Phi) is 5.11. The number of hydrogen-bond acceptors (Lipinski definition) is 2. The van der Waals surface area contributed by atoms with Crippen molar-refractivity contribution < 1.29 is 8.78 Å². The normalized spacial score (nSPS) is 24.6. The zero-order chi connectivity index (χ0) is 14.7. The van der Waals surface area contributed by atoms with Gasteiger partial charge in [-0.3, -0.25) is 11.3 Å². The molecule has 3 unspecified atom stereocenters.